The molecule has 0 bridgehead atoms. The number of hydrogen-bond acceptors (Lipinski definition) is 3. The predicted octanol–water partition coefficient (Wildman–Crippen LogP) is 1.46. The molecule has 0 aliphatic rings. The summed E-state index contributed by atoms with van der Waals surface area (Å²) in [6.45, 7) is 4.28. The van der Waals surface area contributed by atoms with Gasteiger partial charge < -0.3 is 16.0 Å². The maximum absolute atomic E-state index is 11.6. The molecule has 1 rings (SSSR count). The van der Waals surface area contributed by atoms with Crippen molar-refractivity contribution >= 4 is 23.6 Å². The third-order valence-corrected chi connectivity index (χ3v) is 3.39. The maximum Gasteiger partial charge on any atom is 0.251 e. The second-order valence-electron chi connectivity index (χ2n) is 4.39. The fourth-order valence-electron chi connectivity index (χ4n) is 1.74. The number of guanidine groups is 1. The van der Waals surface area contributed by atoms with Crippen molar-refractivity contribution in [3.8, 4) is 0 Å². The van der Waals surface area contributed by atoms with Crippen LogP contribution in [0.2, 0.25) is 0 Å². The molecule has 0 aliphatic heterocycles. The zero-order chi connectivity index (χ0) is 15.5. The first kappa shape index (κ1) is 17.4. The summed E-state index contributed by atoms with van der Waals surface area (Å²) in [5.74, 6) is 1.76. The second-order valence-corrected chi connectivity index (χ2v) is 5.38. The lowest BCUT2D eigenvalue weighted by Crippen LogP contribution is -2.38. The number of aliphatic imine (C=N–C) groups is 1. The molecule has 0 atom stereocenters. The molecule has 0 aromatic heterocycles. The van der Waals surface area contributed by atoms with E-state index in [9.17, 15) is 4.79 Å². The van der Waals surface area contributed by atoms with Gasteiger partial charge in [0.1, 0.15) is 0 Å². The van der Waals surface area contributed by atoms with Gasteiger partial charge in [-0.15, -0.1) is 0 Å². The zero-order valence-electron chi connectivity index (χ0n) is 12.9. The molecular formula is C15H24N4OS. The molecule has 0 heterocycles. The Bertz CT molecular complexity index is 476. The van der Waals surface area contributed by atoms with E-state index < -0.39 is 0 Å². The van der Waals surface area contributed by atoms with Crippen LogP contribution in [0.4, 0.5) is 0 Å². The summed E-state index contributed by atoms with van der Waals surface area (Å²) in [7, 11) is 1.63. The van der Waals surface area contributed by atoms with Crippen LogP contribution >= 0.6 is 11.8 Å². The van der Waals surface area contributed by atoms with Gasteiger partial charge >= 0.3 is 0 Å². The van der Waals surface area contributed by atoms with Gasteiger partial charge in [-0.3, -0.25) is 4.79 Å². The quantitative estimate of drug-likeness (QED) is 0.405. The summed E-state index contributed by atoms with van der Waals surface area (Å²) in [6.07, 6.45) is 2.08. The van der Waals surface area contributed by atoms with E-state index in [4.69, 9.17) is 0 Å². The molecule has 6 heteroatoms. The average molecular weight is 308 g/mol. The molecule has 0 spiro atoms. The zero-order valence-corrected chi connectivity index (χ0v) is 13.7. The summed E-state index contributed by atoms with van der Waals surface area (Å²) < 4.78 is 0. The molecule has 5 nitrogen and oxygen atoms in total. The van der Waals surface area contributed by atoms with Gasteiger partial charge in [-0.25, -0.2) is 4.99 Å². The standard InChI is InChI=1S/C15H24N4OS/c1-4-17-15(18-8-9-21-3)19-11-12-6-5-7-13(10-12)14(20)16-2/h5-7,10H,4,8-9,11H2,1-3H3,(H,16,20)(H2,17,18,19). The Morgan fingerprint density at radius 1 is 1.33 bits per heavy atom. The first-order chi connectivity index (χ1) is 10.2. The van der Waals surface area contributed by atoms with Crippen molar-refractivity contribution in [1.29, 1.82) is 0 Å². The van der Waals surface area contributed by atoms with Gasteiger partial charge in [0, 0.05) is 31.5 Å². The van der Waals surface area contributed by atoms with Crippen LogP contribution in [-0.4, -0.2) is 44.0 Å². The molecule has 1 amide bonds. The van der Waals surface area contributed by atoms with Crippen LogP contribution in [0.1, 0.15) is 22.8 Å². The Hall–Kier alpha value is -1.69. The molecule has 21 heavy (non-hydrogen) atoms. The van der Waals surface area contributed by atoms with Crippen molar-refractivity contribution in [3.63, 3.8) is 0 Å². The van der Waals surface area contributed by atoms with Gasteiger partial charge in [0.2, 0.25) is 0 Å². The Morgan fingerprint density at radius 2 is 2.14 bits per heavy atom. The molecule has 0 saturated carbocycles. The summed E-state index contributed by atoms with van der Waals surface area (Å²) >= 11 is 1.79. The lowest BCUT2D eigenvalue weighted by Gasteiger charge is -2.10. The molecule has 0 aliphatic carbocycles. The molecule has 0 fully saturated rings. The van der Waals surface area contributed by atoms with Gasteiger partial charge in [0.05, 0.1) is 6.54 Å². The minimum Gasteiger partial charge on any atom is -0.357 e. The average Bonchev–Trinajstić information content (AvgIpc) is 2.52. The van der Waals surface area contributed by atoms with E-state index in [2.05, 4.69) is 27.2 Å². The number of carbonyl (C=O) groups excluding carboxylic acids is 1. The summed E-state index contributed by atoms with van der Waals surface area (Å²) in [5.41, 5.74) is 1.67. The van der Waals surface area contributed by atoms with Crippen molar-refractivity contribution in [2.75, 3.05) is 32.1 Å². The van der Waals surface area contributed by atoms with Crippen LogP contribution in [0, 0.1) is 0 Å². The number of thioether (sulfide) groups is 1. The van der Waals surface area contributed by atoms with E-state index in [1.807, 2.05) is 25.1 Å². The molecule has 0 saturated heterocycles. The summed E-state index contributed by atoms with van der Waals surface area (Å²) in [5, 5.41) is 9.12. The van der Waals surface area contributed by atoms with Crippen molar-refractivity contribution in [2.45, 2.75) is 13.5 Å². The highest BCUT2D eigenvalue weighted by molar-refractivity contribution is 7.98. The maximum atomic E-state index is 11.6. The van der Waals surface area contributed by atoms with Crippen LogP contribution < -0.4 is 16.0 Å². The lowest BCUT2D eigenvalue weighted by molar-refractivity contribution is 0.0963. The number of carbonyl (C=O) groups is 1. The SMILES string of the molecule is CCNC(=NCc1cccc(C(=O)NC)c1)NCCSC. The number of nitrogens with zero attached hydrogens (tertiary/aromatic N) is 1. The Balaban J connectivity index is 2.68. The highest BCUT2D eigenvalue weighted by atomic mass is 32.2. The number of hydrogen-bond donors (Lipinski definition) is 3. The Kier molecular flexibility index (Phi) is 8.35. The number of rotatable bonds is 7. The van der Waals surface area contributed by atoms with E-state index in [1.165, 1.54) is 0 Å². The normalized spacial score (nSPS) is 11.1. The van der Waals surface area contributed by atoms with E-state index in [1.54, 1.807) is 24.9 Å². The Morgan fingerprint density at radius 3 is 2.81 bits per heavy atom. The minimum atomic E-state index is -0.0779. The highest BCUT2D eigenvalue weighted by Gasteiger charge is 2.03. The van der Waals surface area contributed by atoms with Gasteiger partial charge in [0.15, 0.2) is 5.96 Å². The van der Waals surface area contributed by atoms with Crippen LogP contribution in [0.15, 0.2) is 29.3 Å². The van der Waals surface area contributed by atoms with Crippen LogP contribution in [-0.2, 0) is 6.54 Å². The third-order valence-electron chi connectivity index (χ3n) is 2.78. The first-order valence-corrected chi connectivity index (χ1v) is 8.42. The predicted molar refractivity (Wildman–Crippen MR) is 91.0 cm³/mol. The molecular weight excluding hydrogens is 284 g/mol. The molecule has 0 unspecified atom stereocenters. The van der Waals surface area contributed by atoms with E-state index >= 15 is 0 Å². The minimum absolute atomic E-state index is 0.0779. The van der Waals surface area contributed by atoms with Crippen molar-refractivity contribution in [1.82, 2.24) is 16.0 Å². The summed E-state index contributed by atoms with van der Waals surface area (Å²) in [4.78, 5) is 16.1. The fourth-order valence-corrected chi connectivity index (χ4v) is 2.05. The smallest absolute Gasteiger partial charge is 0.251 e. The largest absolute Gasteiger partial charge is 0.357 e. The lowest BCUT2D eigenvalue weighted by atomic mass is 10.1. The van der Waals surface area contributed by atoms with E-state index in [0.29, 0.717) is 12.1 Å². The third kappa shape index (κ3) is 6.53. The molecule has 0 radical (unpaired) electrons. The van der Waals surface area contributed by atoms with Crippen LogP contribution in [0.25, 0.3) is 0 Å². The monoisotopic (exact) mass is 308 g/mol. The van der Waals surface area contributed by atoms with Gasteiger partial charge in [-0.1, -0.05) is 12.1 Å². The fraction of sp³-hybridized carbons (Fsp3) is 0.467. The summed E-state index contributed by atoms with van der Waals surface area (Å²) in [6, 6.07) is 7.52. The van der Waals surface area contributed by atoms with Gasteiger partial charge in [-0.05, 0) is 30.9 Å². The number of benzene rings is 1. The van der Waals surface area contributed by atoms with Crippen LogP contribution in [0.5, 0.6) is 0 Å². The van der Waals surface area contributed by atoms with Crippen molar-refractivity contribution in [3.05, 3.63) is 35.4 Å². The molecule has 1 aromatic carbocycles. The van der Waals surface area contributed by atoms with E-state index in [-0.39, 0.29) is 5.91 Å². The van der Waals surface area contributed by atoms with Gasteiger partial charge in [0.25, 0.3) is 5.91 Å². The van der Waals surface area contributed by atoms with E-state index in [0.717, 1.165) is 30.4 Å². The van der Waals surface area contributed by atoms with Gasteiger partial charge in [-0.2, -0.15) is 11.8 Å². The first-order valence-electron chi connectivity index (χ1n) is 7.03. The molecule has 116 valence electrons. The Labute approximate surface area is 131 Å². The molecule has 3 N–H and O–H groups in total. The number of amides is 1. The topological polar surface area (TPSA) is 65.5 Å². The van der Waals surface area contributed by atoms with Crippen molar-refractivity contribution in [2.24, 2.45) is 4.99 Å². The highest BCUT2D eigenvalue weighted by Crippen LogP contribution is 2.06. The second kappa shape index (κ2) is 10.1. The van der Waals surface area contributed by atoms with Crippen LogP contribution in [0.3, 0.4) is 0 Å². The molecule has 1 aromatic rings. The van der Waals surface area contributed by atoms with Crippen molar-refractivity contribution < 1.29 is 4.79 Å². The number of nitrogens with one attached hydrogen (secondary N) is 3.